The number of halogens is 3. The molecule has 3 nitrogen and oxygen atoms in total. The molecule has 6 heteroatoms. The first-order chi connectivity index (χ1) is 6.76. The topological polar surface area (TPSA) is 44.1 Å². The molecule has 0 aliphatic carbocycles. The number of hydrogen-bond acceptors (Lipinski definition) is 2. The van der Waals surface area contributed by atoms with E-state index in [9.17, 15) is 18.0 Å². The summed E-state index contributed by atoms with van der Waals surface area (Å²) in [6.07, 6.45) is -5.98. The molecule has 0 radical (unpaired) electrons. The van der Waals surface area contributed by atoms with Gasteiger partial charge in [0.25, 0.3) is 0 Å². The molecule has 0 saturated carbocycles. The molecule has 1 amide bonds. The summed E-state index contributed by atoms with van der Waals surface area (Å²) in [4.78, 5) is 12.3. The zero-order chi connectivity index (χ0) is 12.1. The van der Waals surface area contributed by atoms with Crippen LogP contribution < -0.4 is 0 Å². The molecule has 0 heterocycles. The Morgan fingerprint density at radius 2 is 2.07 bits per heavy atom. The van der Waals surface area contributed by atoms with Crippen LogP contribution in [0.4, 0.5) is 13.2 Å². The number of carbonyl (C=O) groups excluding carboxylic acids is 1. The van der Waals surface area contributed by atoms with E-state index in [0.29, 0.717) is 0 Å². The SMILES string of the molecule is CC(C#N)CN(C)C(=O)CCC(F)(F)F. The lowest BCUT2D eigenvalue weighted by Gasteiger charge is -2.18. The number of hydrogen-bond donors (Lipinski definition) is 0. The van der Waals surface area contributed by atoms with Crippen LogP contribution in [-0.2, 0) is 4.79 Å². The largest absolute Gasteiger partial charge is 0.389 e. The summed E-state index contributed by atoms with van der Waals surface area (Å²) < 4.78 is 35.4. The Morgan fingerprint density at radius 3 is 2.47 bits per heavy atom. The molecule has 0 aliphatic rings. The predicted molar refractivity (Wildman–Crippen MR) is 47.7 cm³/mol. The minimum Gasteiger partial charge on any atom is -0.344 e. The average Bonchev–Trinajstić information content (AvgIpc) is 2.12. The third-order valence-electron chi connectivity index (χ3n) is 1.82. The Morgan fingerprint density at radius 1 is 1.53 bits per heavy atom. The van der Waals surface area contributed by atoms with Gasteiger partial charge in [-0.15, -0.1) is 0 Å². The lowest BCUT2D eigenvalue weighted by atomic mass is 10.2. The molecule has 0 aromatic heterocycles. The van der Waals surface area contributed by atoms with E-state index in [1.807, 2.05) is 6.07 Å². The predicted octanol–water partition coefficient (Wildman–Crippen LogP) is 1.95. The standard InChI is InChI=1S/C9H13F3N2O/c1-7(5-13)6-14(2)8(15)3-4-9(10,11)12/h7H,3-4,6H2,1-2H3. The third-order valence-corrected chi connectivity index (χ3v) is 1.82. The summed E-state index contributed by atoms with van der Waals surface area (Å²) in [5, 5.41) is 8.46. The summed E-state index contributed by atoms with van der Waals surface area (Å²) in [6.45, 7) is 1.76. The molecule has 0 rings (SSSR count). The first kappa shape index (κ1) is 13.8. The zero-order valence-corrected chi connectivity index (χ0v) is 8.64. The van der Waals surface area contributed by atoms with E-state index in [1.165, 1.54) is 7.05 Å². The van der Waals surface area contributed by atoms with Crippen LogP contribution in [0.25, 0.3) is 0 Å². The molecule has 15 heavy (non-hydrogen) atoms. The van der Waals surface area contributed by atoms with Crippen molar-refractivity contribution < 1.29 is 18.0 Å². The number of nitrogens with zero attached hydrogens (tertiary/aromatic N) is 2. The van der Waals surface area contributed by atoms with Crippen molar-refractivity contribution in [3.63, 3.8) is 0 Å². The van der Waals surface area contributed by atoms with Crippen molar-refractivity contribution in [3.05, 3.63) is 0 Å². The van der Waals surface area contributed by atoms with Gasteiger partial charge in [0.15, 0.2) is 0 Å². The van der Waals surface area contributed by atoms with Gasteiger partial charge in [0, 0.05) is 20.0 Å². The number of amides is 1. The van der Waals surface area contributed by atoms with E-state index in [0.717, 1.165) is 4.90 Å². The number of alkyl halides is 3. The molecule has 0 aromatic rings. The van der Waals surface area contributed by atoms with Crippen molar-refractivity contribution in [2.24, 2.45) is 5.92 Å². The summed E-state index contributed by atoms with van der Waals surface area (Å²) in [5.74, 6) is -0.959. The molecule has 0 spiro atoms. The van der Waals surface area contributed by atoms with E-state index >= 15 is 0 Å². The quantitative estimate of drug-likeness (QED) is 0.729. The molecule has 0 N–H and O–H groups in total. The monoisotopic (exact) mass is 222 g/mol. The highest BCUT2D eigenvalue weighted by molar-refractivity contribution is 5.75. The highest BCUT2D eigenvalue weighted by Crippen LogP contribution is 2.21. The lowest BCUT2D eigenvalue weighted by molar-refractivity contribution is -0.148. The van der Waals surface area contributed by atoms with Crippen molar-refractivity contribution in [2.45, 2.75) is 25.9 Å². The summed E-state index contributed by atoms with van der Waals surface area (Å²) in [5.41, 5.74) is 0. The van der Waals surface area contributed by atoms with Crippen LogP contribution in [0, 0.1) is 17.2 Å². The highest BCUT2D eigenvalue weighted by Gasteiger charge is 2.28. The second-order valence-electron chi connectivity index (χ2n) is 3.42. The van der Waals surface area contributed by atoms with Crippen LogP contribution in [-0.4, -0.2) is 30.6 Å². The maximum Gasteiger partial charge on any atom is 0.389 e. The highest BCUT2D eigenvalue weighted by atomic mass is 19.4. The van der Waals surface area contributed by atoms with Gasteiger partial charge in [0.2, 0.25) is 5.91 Å². The molecule has 0 aliphatic heterocycles. The fourth-order valence-electron chi connectivity index (χ4n) is 0.993. The molecule has 86 valence electrons. The van der Waals surface area contributed by atoms with Crippen molar-refractivity contribution in [1.29, 1.82) is 5.26 Å². The van der Waals surface area contributed by atoms with Crippen LogP contribution in [0.2, 0.25) is 0 Å². The van der Waals surface area contributed by atoms with Gasteiger partial charge in [0.05, 0.1) is 18.4 Å². The minimum absolute atomic E-state index is 0.160. The second kappa shape index (κ2) is 5.59. The summed E-state index contributed by atoms with van der Waals surface area (Å²) in [7, 11) is 1.40. The molecule has 0 fully saturated rings. The van der Waals surface area contributed by atoms with E-state index in [1.54, 1.807) is 6.92 Å². The number of rotatable bonds is 4. The molecule has 0 bridgehead atoms. The summed E-state index contributed by atoms with van der Waals surface area (Å²) in [6, 6.07) is 1.91. The van der Waals surface area contributed by atoms with Crippen molar-refractivity contribution in [2.75, 3.05) is 13.6 Å². The normalized spacial score (nSPS) is 13.1. The van der Waals surface area contributed by atoms with E-state index < -0.39 is 24.9 Å². The fraction of sp³-hybridized carbons (Fsp3) is 0.778. The van der Waals surface area contributed by atoms with Gasteiger partial charge < -0.3 is 4.90 Å². The third kappa shape index (κ3) is 6.77. The first-order valence-electron chi connectivity index (χ1n) is 4.46. The second-order valence-corrected chi connectivity index (χ2v) is 3.42. The van der Waals surface area contributed by atoms with Gasteiger partial charge in [-0.25, -0.2) is 0 Å². The maximum absolute atomic E-state index is 11.8. The Labute approximate surface area is 86.5 Å². The van der Waals surface area contributed by atoms with Crippen LogP contribution in [0.15, 0.2) is 0 Å². The Kier molecular flexibility index (Phi) is 5.12. The number of nitriles is 1. The van der Waals surface area contributed by atoms with Gasteiger partial charge in [-0.3, -0.25) is 4.79 Å². The van der Waals surface area contributed by atoms with Gasteiger partial charge in [-0.05, 0) is 6.92 Å². The smallest absolute Gasteiger partial charge is 0.344 e. The van der Waals surface area contributed by atoms with E-state index in [-0.39, 0.29) is 12.5 Å². The van der Waals surface area contributed by atoms with E-state index in [2.05, 4.69) is 0 Å². The fourth-order valence-corrected chi connectivity index (χ4v) is 0.993. The average molecular weight is 222 g/mol. The Bertz CT molecular complexity index is 257. The van der Waals surface area contributed by atoms with Gasteiger partial charge >= 0.3 is 6.18 Å². The van der Waals surface area contributed by atoms with Gasteiger partial charge in [0.1, 0.15) is 0 Å². The first-order valence-corrected chi connectivity index (χ1v) is 4.46. The van der Waals surface area contributed by atoms with Crippen LogP contribution in [0.5, 0.6) is 0 Å². The lowest BCUT2D eigenvalue weighted by Crippen LogP contribution is -2.31. The van der Waals surface area contributed by atoms with Gasteiger partial charge in [-0.1, -0.05) is 0 Å². The molecule has 1 atom stereocenters. The Hall–Kier alpha value is -1.25. The van der Waals surface area contributed by atoms with E-state index in [4.69, 9.17) is 5.26 Å². The van der Waals surface area contributed by atoms with Crippen molar-refractivity contribution in [3.8, 4) is 6.07 Å². The van der Waals surface area contributed by atoms with Crippen LogP contribution in [0.3, 0.4) is 0 Å². The Balaban J connectivity index is 3.96. The molecule has 0 saturated heterocycles. The summed E-state index contributed by atoms with van der Waals surface area (Å²) >= 11 is 0. The van der Waals surface area contributed by atoms with Gasteiger partial charge in [-0.2, -0.15) is 18.4 Å². The maximum atomic E-state index is 11.8. The number of carbonyl (C=O) groups is 1. The van der Waals surface area contributed by atoms with Crippen molar-refractivity contribution in [1.82, 2.24) is 4.90 Å². The minimum atomic E-state index is -4.31. The molecule has 1 unspecified atom stereocenters. The molecular formula is C9H13F3N2O. The molecule has 0 aromatic carbocycles. The van der Waals surface area contributed by atoms with Crippen LogP contribution in [0.1, 0.15) is 19.8 Å². The van der Waals surface area contributed by atoms with Crippen molar-refractivity contribution >= 4 is 5.91 Å². The van der Waals surface area contributed by atoms with Crippen LogP contribution >= 0.6 is 0 Å². The molecular weight excluding hydrogens is 209 g/mol. The zero-order valence-electron chi connectivity index (χ0n) is 8.64.